The average molecular weight is 455 g/mol. The van der Waals surface area contributed by atoms with Crippen LogP contribution in [0.5, 0.6) is 0 Å². The van der Waals surface area contributed by atoms with Gasteiger partial charge in [-0.25, -0.2) is 9.69 Å². The Hall–Kier alpha value is -4.59. The number of carbonyl (C=O) groups excluding carboxylic acids is 3. The van der Waals surface area contributed by atoms with E-state index in [1.807, 2.05) is 26.0 Å². The molecule has 8 nitrogen and oxygen atoms in total. The van der Waals surface area contributed by atoms with Crippen LogP contribution in [0.25, 0.3) is 6.08 Å². The van der Waals surface area contributed by atoms with E-state index in [1.165, 1.54) is 24.3 Å². The summed E-state index contributed by atoms with van der Waals surface area (Å²) < 4.78 is 0. The molecule has 0 spiro atoms. The number of aryl methyl sites for hydroxylation is 2. The lowest BCUT2D eigenvalue weighted by atomic mass is 9.95. The fourth-order valence-corrected chi connectivity index (χ4v) is 4.02. The van der Waals surface area contributed by atoms with E-state index >= 15 is 0 Å². The minimum atomic E-state index is -0.962. The van der Waals surface area contributed by atoms with Gasteiger partial charge in [-0.1, -0.05) is 59.7 Å². The van der Waals surface area contributed by atoms with Gasteiger partial charge >= 0.3 is 6.03 Å². The summed E-state index contributed by atoms with van der Waals surface area (Å²) in [5, 5.41) is 13.3. The number of rotatable bonds is 5. The largest absolute Gasteiger partial charge is 0.335 e. The summed E-state index contributed by atoms with van der Waals surface area (Å²) in [6.45, 7) is 4.05. The van der Waals surface area contributed by atoms with Crippen LogP contribution in [-0.2, 0) is 16.0 Å². The first kappa shape index (κ1) is 22.6. The van der Waals surface area contributed by atoms with Crippen LogP contribution in [-0.4, -0.2) is 22.8 Å². The Bertz CT molecular complexity index is 1360. The van der Waals surface area contributed by atoms with Crippen LogP contribution in [0.3, 0.4) is 0 Å². The third kappa shape index (κ3) is 4.61. The molecule has 8 heteroatoms. The highest BCUT2D eigenvalue weighted by atomic mass is 16.6. The number of nitro benzene ring substituents is 1. The van der Waals surface area contributed by atoms with E-state index in [0.717, 1.165) is 33.2 Å². The van der Waals surface area contributed by atoms with Crippen molar-refractivity contribution in [3.8, 4) is 0 Å². The molecular formula is C26H21N3O5. The molecule has 0 unspecified atom stereocenters. The number of imide groups is 2. The van der Waals surface area contributed by atoms with Gasteiger partial charge in [-0.2, -0.15) is 0 Å². The number of benzene rings is 3. The monoisotopic (exact) mass is 455 g/mol. The normalized spacial score (nSPS) is 14.9. The zero-order valence-corrected chi connectivity index (χ0v) is 18.6. The molecule has 0 atom stereocenters. The standard InChI is InChI=1S/C26H21N3O5/c1-16-10-17(2)12-18(11-16)13-19-6-3-4-7-20(19)14-23-24(30)27-26(32)28(25(23)31)21-8-5-9-22(15-21)29(33)34/h3-12,14-15H,13H2,1-2H3,(H,27,30,32)/b23-14+. The Kier molecular flexibility index (Phi) is 6.05. The van der Waals surface area contributed by atoms with Crippen molar-refractivity contribution in [3.63, 3.8) is 0 Å². The van der Waals surface area contributed by atoms with Crippen molar-refractivity contribution in [3.05, 3.63) is 110 Å². The van der Waals surface area contributed by atoms with E-state index in [2.05, 4.69) is 23.5 Å². The van der Waals surface area contributed by atoms with Crippen LogP contribution >= 0.6 is 0 Å². The highest BCUT2D eigenvalue weighted by Gasteiger charge is 2.37. The van der Waals surface area contributed by atoms with Crippen LogP contribution in [0.15, 0.2) is 72.3 Å². The van der Waals surface area contributed by atoms with Crippen LogP contribution in [0.4, 0.5) is 16.2 Å². The highest BCUT2D eigenvalue weighted by molar-refractivity contribution is 6.39. The molecule has 1 fully saturated rings. The molecule has 4 amide bonds. The van der Waals surface area contributed by atoms with Crippen LogP contribution in [0, 0.1) is 24.0 Å². The number of nitro groups is 1. The van der Waals surface area contributed by atoms with Crippen molar-refractivity contribution < 1.29 is 19.3 Å². The number of hydrogen-bond donors (Lipinski definition) is 1. The molecule has 1 heterocycles. The van der Waals surface area contributed by atoms with E-state index in [-0.39, 0.29) is 16.9 Å². The summed E-state index contributed by atoms with van der Waals surface area (Å²) in [4.78, 5) is 49.4. The highest BCUT2D eigenvalue weighted by Crippen LogP contribution is 2.26. The molecular weight excluding hydrogens is 434 g/mol. The number of urea groups is 1. The molecule has 3 aromatic carbocycles. The molecule has 4 rings (SSSR count). The number of barbiturate groups is 1. The predicted molar refractivity (Wildman–Crippen MR) is 127 cm³/mol. The van der Waals surface area contributed by atoms with E-state index in [1.54, 1.807) is 12.1 Å². The van der Waals surface area contributed by atoms with Gasteiger partial charge in [-0.05, 0) is 49.1 Å². The predicted octanol–water partition coefficient (Wildman–Crippen LogP) is 4.47. The Morgan fingerprint density at radius 3 is 2.35 bits per heavy atom. The van der Waals surface area contributed by atoms with Crippen molar-refractivity contribution in [1.82, 2.24) is 5.32 Å². The second kappa shape index (κ2) is 9.11. The lowest BCUT2D eigenvalue weighted by Crippen LogP contribution is -2.54. The molecule has 1 aliphatic heterocycles. The van der Waals surface area contributed by atoms with Gasteiger partial charge in [-0.3, -0.25) is 25.0 Å². The molecule has 3 aromatic rings. The number of amides is 4. The fraction of sp³-hybridized carbons (Fsp3) is 0.115. The van der Waals surface area contributed by atoms with Gasteiger partial charge in [0.15, 0.2) is 0 Å². The Balaban J connectivity index is 1.72. The third-order valence-corrected chi connectivity index (χ3v) is 5.43. The van der Waals surface area contributed by atoms with Crippen molar-refractivity contribution in [2.45, 2.75) is 20.3 Å². The van der Waals surface area contributed by atoms with Crippen LogP contribution in [0.1, 0.15) is 27.8 Å². The summed E-state index contributed by atoms with van der Waals surface area (Å²) in [6.07, 6.45) is 2.04. The third-order valence-electron chi connectivity index (χ3n) is 5.43. The Morgan fingerprint density at radius 1 is 0.941 bits per heavy atom. The molecule has 0 radical (unpaired) electrons. The van der Waals surface area contributed by atoms with Crippen molar-refractivity contribution in [1.29, 1.82) is 0 Å². The van der Waals surface area contributed by atoms with Crippen molar-refractivity contribution in [2.75, 3.05) is 4.90 Å². The van der Waals surface area contributed by atoms with Gasteiger partial charge in [0.05, 0.1) is 10.6 Å². The van der Waals surface area contributed by atoms with E-state index in [4.69, 9.17) is 0 Å². The van der Waals surface area contributed by atoms with Gasteiger partial charge in [0.1, 0.15) is 5.57 Å². The topological polar surface area (TPSA) is 110 Å². The summed E-state index contributed by atoms with van der Waals surface area (Å²) in [7, 11) is 0. The molecule has 0 aromatic heterocycles. The summed E-state index contributed by atoms with van der Waals surface area (Å²) >= 11 is 0. The zero-order chi connectivity index (χ0) is 24.4. The second-order valence-corrected chi connectivity index (χ2v) is 8.11. The fourth-order valence-electron chi connectivity index (χ4n) is 4.02. The number of carbonyl (C=O) groups is 3. The van der Waals surface area contributed by atoms with Crippen LogP contribution < -0.4 is 10.2 Å². The maximum absolute atomic E-state index is 13.2. The minimum absolute atomic E-state index is 0.00128. The lowest BCUT2D eigenvalue weighted by molar-refractivity contribution is -0.384. The van der Waals surface area contributed by atoms with Gasteiger partial charge in [0, 0.05) is 12.1 Å². The van der Waals surface area contributed by atoms with Gasteiger partial charge in [-0.15, -0.1) is 0 Å². The second-order valence-electron chi connectivity index (χ2n) is 8.11. The minimum Gasteiger partial charge on any atom is -0.273 e. The molecule has 170 valence electrons. The summed E-state index contributed by atoms with van der Waals surface area (Å²) in [5.74, 6) is -1.67. The van der Waals surface area contributed by atoms with E-state index < -0.39 is 22.8 Å². The molecule has 0 saturated carbocycles. The number of nitrogens with zero attached hydrogens (tertiary/aromatic N) is 2. The summed E-state index contributed by atoms with van der Waals surface area (Å²) in [6, 6.07) is 17.8. The Morgan fingerprint density at radius 2 is 1.65 bits per heavy atom. The summed E-state index contributed by atoms with van der Waals surface area (Å²) in [5.41, 5.74) is 4.42. The number of nitrogens with one attached hydrogen (secondary N) is 1. The maximum Gasteiger partial charge on any atom is 0.335 e. The quantitative estimate of drug-likeness (QED) is 0.264. The molecule has 1 aliphatic rings. The van der Waals surface area contributed by atoms with Crippen LogP contribution in [0.2, 0.25) is 0 Å². The first-order valence-electron chi connectivity index (χ1n) is 10.5. The average Bonchev–Trinajstić information content (AvgIpc) is 2.77. The van der Waals surface area contributed by atoms with Gasteiger partial charge < -0.3 is 0 Å². The first-order chi connectivity index (χ1) is 16.2. The smallest absolute Gasteiger partial charge is 0.273 e. The SMILES string of the molecule is Cc1cc(C)cc(Cc2ccccc2/C=C2\C(=O)NC(=O)N(c3cccc([N+](=O)[O-])c3)C2=O)c1. The van der Waals surface area contributed by atoms with Gasteiger partial charge in [0.2, 0.25) is 0 Å². The van der Waals surface area contributed by atoms with E-state index in [9.17, 15) is 24.5 Å². The zero-order valence-electron chi connectivity index (χ0n) is 18.6. The number of anilines is 1. The molecule has 0 bridgehead atoms. The number of hydrogen-bond acceptors (Lipinski definition) is 5. The number of non-ortho nitro benzene ring substituents is 1. The lowest BCUT2D eigenvalue weighted by Gasteiger charge is -2.26. The molecule has 34 heavy (non-hydrogen) atoms. The van der Waals surface area contributed by atoms with Crippen molar-refractivity contribution in [2.24, 2.45) is 0 Å². The first-order valence-corrected chi connectivity index (χ1v) is 10.5. The maximum atomic E-state index is 13.2. The van der Waals surface area contributed by atoms with Gasteiger partial charge in [0.25, 0.3) is 17.5 Å². The molecule has 1 saturated heterocycles. The molecule has 1 N–H and O–H groups in total. The van der Waals surface area contributed by atoms with Crippen molar-refractivity contribution >= 4 is 35.3 Å². The molecule has 0 aliphatic carbocycles. The Labute approximate surface area is 195 Å². The van der Waals surface area contributed by atoms with E-state index in [0.29, 0.717) is 12.0 Å².